The summed E-state index contributed by atoms with van der Waals surface area (Å²) in [4.78, 5) is 10.2. The normalized spacial score (nSPS) is 11.4. The second-order valence-corrected chi connectivity index (χ2v) is 2.39. The largest absolute Gasteiger partial charge is 0.481 e. The highest BCUT2D eigenvalue weighted by molar-refractivity contribution is 5.70. The van der Waals surface area contributed by atoms with Crippen molar-refractivity contribution in [1.29, 1.82) is 0 Å². The molecule has 0 fully saturated rings. The van der Waals surface area contributed by atoms with Crippen LogP contribution in [0.5, 0.6) is 0 Å². The van der Waals surface area contributed by atoms with Crippen LogP contribution in [0.15, 0.2) is 30.5 Å². The first-order valence-electron chi connectivity index (χ1n) is 3.33. The molecule has 0 aromatic heterocycles. The van der Waals surface area contributed by atoms with E-state index in [0.29, 0.717) is 5.57 Å². The Balaban J connectivity index is 4.03. The molecule has 0 rings (SSSR count). The van der Waals surface area contributed by atoms with Crippen molar-refractivity contribution in [2.45, 2.75) is 13.3 Å². The number of carboxylic acid groups (broad SMARTS) is 1. The van der Waals surface area contributed by atoms with Crippen molar-refractivity contribution in [1.82, 2.24) is 0 Å². The van der Waals surface area contributed by atoms with Gasteiger partial charge in [-0.05, 0) is 6.08 Å². The molecule has 11 heavy (non-hydrogen) atoms. The molecule has 0 aliphatic rings. The van der Waals surface area contributed by atoms with E-state index < -0.39 is 5.97 Å². The van der Waals surface area contributed by atoms with E-state index in [1.165, 1.54) is 0 Å². The lowest BCUT2D eigenvalue weighted by atomic mass is 10.0. The quantitative estimate of drug-likeness (QED) is 0.494. The maximum absolute atomic E-state index is 10.2. The van der Waals surface area contributed by atoms with Crippen LogP contribution in [-0.2, 0) is 4.79 Å². The number of hydrogen-bond acceptors (Lipinski definition) is 1. The predicted molar refractivity (Wildman–Crippen MR) is 44.3 cm³/mol. The zero-order valence-corrected chi connectivity index (χ0v) is 6.63. The predicted octanol–water partition coefficient (Wildman–Crippen LogP) is 1.99. The summed E-state index contributed by atoms with van der Waals surface area (Å²) < 4.78 is 0. The molecule has 0 aromatic carbocycles. The first kappa shape index (κ1) is 9.73. The Labute approximate surface area is 66.5 Å². The minimum atomic E-state index is -0.848. The molecular formula is C9H12O2. The highest BCUT2D eigenvalue weighted by Gasteiger charge is 2.06. The van der Waals surface area contributed by atoms with Crippen LogP contribution in [-0.4, -0.2) is 11.1 Å². The lowest BCUT2D eigenvalue weighted by Crippen LogP contribution is -2.01. The number of rotatable bonds is 4. The number of carbonyl (C=O) groups is 1. The molecule has 0 saturated heterocycles. The molecular weight excluding hydrogens is 140 g/mol. The van der Waals surface area contributed by atoms with Crippen LogP contribution < -0.4 is 0 Å². The number of hydrogen-bond donors (Lipinski definition) is 1. The van der Waals surface area contributed by atoms with E-state index in [9.17, 15) is 4.79 Å². The fraction of sp³-hybridized carbons (Fsp3) is 0.333. The van der Waals surface area contributed by atoms with Crippen LogP contribution in [0.3, 0.4) is 0 Å². The lowest BCUT2D eigenvalue weighted by molar-refractivity contribution is -0.136. The second-order valence-electron chi connectivity index (χ2n) is 2.39. The minimum absolute atomic E-state index is 0.0132. The summed E-state index contributed by atoms with van der Waals surface area (Å²) in [6.07, 6.45) is 1.71. The molecule has 0 amide bonds. The van der Waals surface area contributed by atoms with Gasteiger partial charge in [-0.2, -0.15) is 0 Å². The average molecular weight is 152 g/mol. The Bertz CT molecular complexity index is 210. The van der Waals surface area contributed by atoms with E-state index in [4.69, 9.17) is 5.11 Å². The molecule has 1 N–H and O–H groups in total. The van der Waals surface area contributed by atoms with Crippen LogP contribution in [0, 0.1) is 5.92 Å². The summed E-state index contributed by atoms with van der Waals surface area (Å²) >= 11 is 0. The Kier molecular flexibility index (Phi) is 4.01. The summed E-state index contributed by atoms with van der Waals surface area (Å²) in [5.41, 5.74) is 3.27. The molecule has 0 radical (unpaired) electrons. The third-order valence-corrected chi connectivity index (χ3v) is 1.39. The summed E-state index contributed by atoms with van der Waals surface area (Å²) in [5, 5.41) is 8.39. The Morgan fingerprint density at radius 2 is 2.36 bits per heavy atom. The molecule has 0 spiro atoms. The molecule has 0 bridgehead atoms. The van der Waals surface area contributed by atoms with Gasteiger partial charge in [0.1, 0.15) is 0 Å². The molecule has 0 aromatic rings. The number of carboxylic acids is 1. The number of aliphatic carboxylic acids is 1. The third-order valence-electron chi connectivity index (χ3n) is 1.39. The molecule has 2 heteroatoms. The topological polar surface area (TPSA) is 37.3 Å². The highest BCUT2D eigenvalue weighted by atomic mass is 16.4. The van der Waals surface area contributed by atoms with Crippen molar-refractivity contribution < 1.29 is 9.90 Å². The van der Waals surface area contributed by atoms with Gasteiger partial charge in [0.05, 0.1) is 6.42 Å². The molecule has 0 saturated carbocycles. The molecule has 0 heterocycles. The van der Waals surface area contributed by atoms with Crippen LogP contribution in [0.4, 0.5) is 0 Å². The number of allylic oxidation sites excluding steroid dienone is 1. The van der Waals surface area contributed by atoms with Crippen LogP contribution in [0.25, 0.3) is 0 Å². The first-order valence-corrected chi connectivity index (χ1v) is 3.33. The fourth-order valence-electron chi connectivity index (χ4n) is 0.650. The molecule has 60 valence electrons. The standard InChI is InChI=1S/C9H12O2/c1-4-5-7(2)8(3)6-9(10)11/h5,7H,1,3,6H2,2H3,(H,10,11). The van der Waals surface area contributed by atoms with E-state index >= 15 is 0 Å². The molecule has 0 aliphatic heterocycles. The average Bonchev–Trinajstić information content (AvgIpc) is 1.86. The molecule has 1 unspecified atom stereocenters. The van der Waals surface area contributed by atoms with Crippen molar-refractivity contribution in [3.05, 3.63) is 30.5 Å². The Morgan fingerprint density at radius 1 is 1.82 bits per heavy atom. The van der Waals surface area contributed by atoms with Gasteiger partial charge in [-0.1, -0.05) is 25.7 Å². The van der Waals surface area contributed by atoms with E-state index in [2.05, 4.69) is 18.9 Å². The first-order chi connectivity index (χ1) is 5.07. The Morgan fingerprint density at radius 3 is 2.73 bits per heavy atom. The summed E-state index contributed by atoms with van der Waals surface area (Å²) in [5.74, 6) is -0.803. The van der Waals surface area contributed by atoms with E-state index in [-0.39, 0.29) is 12.3 Å². The van der Waals surface area contributed by atoms with Gasteiger partial charge in [0.15, 0.2) is 0 Å². The molecule has 1 atom stereocenters. The zero-order chi connectivity index (χ0) is 8.85. The van der Waals surface area contributed by atoms with Gasteiger partial charge in [0.25, 0.3) is 0 Å². The zero-order valence-electron chi connectivity index (χ0n) is 6.63. The lowest BCUT2D eigenvalue weighted by Gasteiger charge is -2.05. The summed E-state index contributed by atoms with van der Waals surface area (Å²) in [6.45, 7) is 8.89. The van der Waals surface area contributed by atoms with Gasteiger partial charge in [0.2, 0.25) is 0 Å². The van der Waals surface area contributed by atoms with Gasteiger partial charge in [-0.3, -0.25) is 4.79 Å². The van der Waals surface area contributed by atoms with E-state index in [1.807, 2.05) is 6.92 Å². The monoisotopic (exact) mass is 152 g/mol. The maximum Gasteiger partial charge on any atom is 0.307 e. The van der Waals surface area contributed by atoms with Crippen LogP contribution in [0.1, 0.15) is 13.3 Å². The van der Waals surface area contributed by atoms with Gasteiger partial charge in [-0.15, -0.1) is 5.73 Å². The minimum Gasteiger partial charge on any atom is -0.481 e. The van der Waals surface area contributed by atoms with Gasteiger partial charge in [0, 0.05) is 5.92 Å². The third kappa shape index (κ3) is 4.18. The van der Waals surface area contributed by atoms with Crippen molar-refractivity contribution in [2.75, 3.05) is 0 Å². The van der Waals surface area contributed by atoms with E-state index in [0.717, 1.165) is 0 Å². The van der Waals surface area contributed by atoms with E-state index in [1.54, 1.807) is 6.08 Å². The van der Waals surface area contributed by atoms with Crippen LogP contribution in [0.2, 0.25) is 0 Å². The molecule has 2 nitrogen and oxygen atoms in total. The van der Waals surface area contributed by atoms with Gasteiger partial charge >= 0.3 is 5.97 Å². The smallest absolute Gasteiger partial charge is 0.307 e. The van der Waals surface area contributed by atoms with Crippen molar-refractivity contribution in [3.8, 4) is 0 Å². The summed E-state index contributed by atoms with van der Waals surface area (Å²) in [7, 11) is 0. The van der Waals surface area contributed by atoms with Gasteiger partial charge in [-0.25, -0.2) is 0 Å². The highest BCUT2D eigenvalue weighted by Crippen LogP contribution is 2.12. The van der Waals surface area contributed by atoms with Crippen molar-refractivity contribution >= 4 is 5.97 Å². The van der Waals surface area contributed by atoms with Crippen molar-refractivity contribution in [2.24, 2.45) is 5.92 Å². The maximum atomic E-state index is 10.2. The Hall–Kier alpha value is -1.27. The molecule has 0 aliphatic carbocycles. The van der Waals surface area contributed by atoms with Crippen LogP contribution >= 0.6 is 0 Å². The van der Waals surface area contributed by atoms with Crippen molar-refractivity contribution in [3.63, 3.8) is 0 Å². The second kappa shape index (κ2) is 4.53. The summed E-state index contributed by atoms with van der Waals surface area (Å²) in [6, 6.07) is 0. The SMILES string of the molecule is C=C=CC(C)C(=C)CC(=O)O. The van der Waals surface area contributed by atoms with Gasteiger partial charge < -0.3 is 5.11 Å². The fourth-order valence-corrected chi connectivity index (χ4v) is 0.650.